The summed E-state index contributed by atoms with van der Waals surface area (Å²) in [4.78, 5) is 23.5. The van der Waals surface area contributed by atoms with Crippen molar-refractivity contribution in [1.82, 2.24) is 10.6 Å². The number of rotatable bonds is 5. The second-order valence-corrected chi connectivity index (χ2v) is 5.33. The normalized spacial score (nSPS) is 23.2. The molecule has 20 heavy (non-hydrogen) atoms. The van der Waals surface area contributed by atoms with Gasteiger partial charge in [0.25, 0.3) is 0 Å². The minimum absolute atomic E-state index is 0.146. The molecule has 1 saturated heterocycles. The van der Waals surface area contributed by atoms with E-state index >= 15 is 0 Å². The van der Waals surface area contributed by atoms with E-state index in [0.717, 1.165) is 12.1 Å². The molecule has 108 valence electrons. The predicted molar refractivity (Wildman–Crippen MR) is 75.2 cm³/mol. The van der Waals surface area contributed by atoms with Crippen molar-refractivity contribution >= 4 is 11.9 Å². The fourth-order valence-corrected chi connectivity index (χ4v) is 2.49. The highest BCUT2D eigenvalue weighted by Gasteiger charge is 2.32. The highest BCUT2D eigenvalue weighted by Crippen LogP contribution is 2.16. The molecule has 1 aliphatic rings. The van der Waals surface area contributed by atoms with Crippen LogP contribution >= 0.6 is 0 Å². The van der Waals surface area contributed by atoms with Crippen LogP contribution in [0.3, 0.4) is 0 Å². The SMILES string of the molecule is C[C@@H]1CNC[C@H]1C(=O)N[C@H](Cc1ccccc1)C(=O)O. The minimum Gasteiger partial charge on any atom is -0.480 e. The molecule has 1 heterocycles. The van der Waals surface area contributed by atoms with E-state index in [1.165, 1.54) is 0 Å². The highest BCUT2D eigenvalue weighted by atomic mass is 16.4. The highest BCUT2D eigenvalue weighted by molar-refractivity contribution is 5.85. The van der Waals surface area contributed by atoms with Crippen LogP contribution < -0.4 is 10.6 Å². The smallest absolute Gasteiger partial charge is 0.326 e. The number of carbonyl (C=O) groups excluding carboxylic acids is 1. The lowest BCUT2D eigenvalue weighted by Crippen LogP contribution is -2.46. The van der Waals surface area contributed by atoms with E-state index < -0.39 is 12.0 Å². The summed E-state index contributed by atoms with van der Waals surface area (Å²) in [7, 11) is 0. The lowest BCUT2D eigenvalue weighted by atomic mass is 9.96. The van der Waals surface area contributed by atoms with Gasteiger partial charge in [-0.1, -0.05) is 37.3 Å². The van der Waals surface area contributed by atoms with E-state index in [0.29, 0.717) is 13.0 Å². The van der Waals surface area contributed by atoms with E-state index in [-0.39, 0.29) is 17.7 Å². The summed E-state index contributed by atoms with van der Waals surface area (Å²) in [5.41, 5.74) is 0.901. The van der Waals surface area contributed by atoms with Crippen LogP contribution in [0, 0.1) is 11.8 Å². The summed E-state index contributed by atoms with van der Waals surface area (Å²) in [6.45, 7) is 3.41. The van der Waals surface area contributed by atoms with E-state index in [1.807, 2.05) is 37.3 Å². The number of hydrogen-bond acceptors (Lipinski definition) is 3. The van der Waals surface area contributed by atoms with Crippen LogP contribution in [0.25, 0.3) is 0 Å². The van der Waals surface area contributed by atoms with Crippen molar-refractivity contribution in [3.63, 3.8) is 0 Å². The van der Waals surface area contributed by atoms with Crippen LogP contribution in [0.15, 0.2) is 30.3 Å². The van der Waals surface area contributed by atoms with Gasteiger partial charge in [-0.15, -0.1) is 0 Å². The molecular formula is C15H20N2O3. The quantitative estimate of drug-likeness (QED) is 0.738. The zero-order valence-corrected chi connectivity index (χ0v) is 11.5. The first-order chi connectivity index (χ1) is 9.58. The van der Waals surface area contributed by atoms with Crippen LogP contribution in [-0.4, -0.2) is 36.1 Å². The topological polar surface area (TPSA) is 78.4 Å². The van der Waals surface area contributed by atoms with Gasteiger partial charge < -0.3 is 15.7 Å². The number of hydrogen-bond donors (Lipinski definition) is 3. The molecule has 0 aliphatic carbocycles. The molecule has 0 unspecified atom stereocenters. The summed E-state index contributed by atoms with van der Waals surface area (Å²) in [5.74, 6) is -1.08. The van der Waals surface area contributed by atoms with Crippen molar-refractivity contribution in [2.75, 3.05) is 13.1 Å². The molecule has 2 rings (SSSR count). The molecule has 0 spiro atoms. The lowest BCUT2D eigenvalue weighted by molar-refractivity contribution is -0.142. The molecule has 3 atom stereocenters. The Kier molecular flexibility index (Phi) is 4.74. The first-order valence-electron chi connectivity index (χ1n) is 6.85. The number of carboxylic acid groups (broad SMARTS) is 1. The van der Waals surface area contributed by atoms with Gasteiger partial charge in [0.1, 0.15) is 6.04 Å². The standard InChI is InChI=1S/C15H20N2O3/c1-10-8-16-9-12(10)14(18)17-13(15(19)20)7-11-5-3-2-4-6-11/h2-6,10,12-13,16H,7-9H2,1H3,(H,17,18)(H,19,20)/t10-,12-,13-/m1/s1. The maximum Gasteiger partial charge on any atom is 0.326 e. The summed E-state index contributed by atoms with van der Waals surface area (Å²) in [6, 6.07) is 8.45. The monoisotopic (exact) mass is 276 g/mol. The molecular weight excluding hydrogens is 256 g/mol. The van der Waals surface area contributed by atoms with Crippen LogP contribution in [0.4, 0.5) is 0 Å². The van der Waals surface area contributed by atoms with Crippen molar-refractivity contribution in [2.45, 2.75) is 19.4 Å². The summed E-state index contributed by atoms with van der Waals surface area (Å²) in [5, 5.41) is 15.1. The van der Waals surface area contributed by atoms with Gasteiger partial charge in [0, 0.05) is 13.0 Å². The van der Waals surface area contributed by atoms with Crippen LogP contribution in [-0.2, 0) is 16.0 Å². The molecule has 3 N–H and O–H groups in total. The molecule has 0 radical (unpaired) electrons. The predicted octanol–water partition coefficient (Wildman–Crippen LogP) is 0.654. The summed E-state index contributed by atoms with van der Waals surface area (Å²) >= 11 is 0. The first-order valence-corrected chi connectivity index (χ1v) is 6.85. The van der Waals surface area contributed by atoms with Gasteiger partial charge in [-0.3, -0.25) is 4.79 Å². The number of amides is 1. The third kappa shape index (κ3) is 3.57. The average Bonchev–Trinajstić information content (AvgIpc) is 2.85. The second kappa shape index (κ2) is 6.52. The van der Waals surface area contributed by atoms with Gasteiger partial charge in [-0.2, -0.15) is 0 Å². The Balaban J connectivity index is 1.99. The van der Waals surface area contributed by atoms with Crippen LogP contribution in [0.5, 0.6) is 0 Å². The summed E-state index contributed by atoms with van der Waals surface area (Å²) < 4.78 is 0. The number of carboxylic acids is 1. The van der Waals surface area contributed by atoms with Gasteiger partial charge in [0.2, 0.25) is 5.91 Å². The fraction of sp³-hybridized carbons (Fsp3) is 0.467. The molecule has 1 amide bonds. The van der Waals surface area contributed by atoms with Crippen molar-refractivity contribution in [3.05, 3.63) is 35.9 Å². The third-order valence-corrected chi connectivity index (χ3v) is 3.75. The van der Waals surface area contributed by atoms with Crippen molar-refractivity contribution in [3.8, 4) is 0 Å². The van der Waals surface area contributed by atoms with E-state index in [4.69, 9.17) is 0 Å². The summed E-state index contributed by atoms with van der Waals surface area (Å²) in [6.07, 6.45) is 0.302. The molecule has 1 aromatic carbocycles. The number of carbonyl (C=O) groups is 2. The largest absolute Gasteiger partial charge is 0.480 e. The zero-order chi connectivity index (χ0) is 14.5. The maximum atomic E-state index is 12.1. The Morgan fingerprint density at radius 1 is 1.35 bits per heavy atom. The van der Waals surface area contributed by atoms with E-state index in [9.17, 15) is 14.7 Å². The third-order valence-electron chi connectivity index (χ3n) is 3.75. The molecule has 0 saturated carbocycles. The Bertz CT molecular complexity index is 475. The fourth-order valence-electron chi connectivity index (χ4n) is 2.49. The maximum absolute atomic E-state index is 12.1. The molecule has 5 nitrogen and oxygen atoms in total. The number of aliphatic carboxylic acids is 1. The number of benzene rings is 1. The van der Waals surface area contributed by atoms with Gasteiger partial charge in [-0.25, -0.2) is 4.79 Å². The van der Waals surface area contributed by atoms with Gasteiger partial charge in [0.05, 0.1) is 5.92 Å². The first kappa shape index (κ1) is 14.5. The lowest BCUT2D eigenvalue weighted by Gasteiger charge is -2.19. The van der Waals surface area contributed by atoms with Crippen LogP contribution in [0.2, 0.25) is 0 Å². The molecule has 1 aromatic rings. The minimum atomic E-state index is -0.999. The Morgan fingerprint density at radius 2 is 2.05 bits per heavy atom. The molecule has 0 bridgehead atoms. The van der Waals surface area contributed by atoms with Gasteiger partial charge >= 0.3 is 5.97 Å². The zero-order valence-electron chi connectivity index (χ0n) is 11.5. The Hall–Kier alpha value is -1.88. The van der Waals surface area contributed by atoms with Gasteiger partial charge in [-0.05, 0) is 18.0 Å². The Labute approximate surface area is 118 Å². The second-order valence-electron chi connectivity index (χ2n) is 5.33. The van der Waals surface area contributed by atoms with Crippen molar-refractivity contribution in [2.24, 2.45) is 11.8 Å². The van der Waals surface area contributed by atoms with Crippen molar-refractivity contribution in [1.29, 1.82) is 0 Å². The Morgan fingerprint density at radius 3 is 2.60 bits per heavy atom. The molecule has 1 aliphatic heterocycles. The number of nitrogens with one attached hydrogen (secondary N) is 2. The molecule has 5 heteroatoms. The van der Waals surface area contributed by atoms with Crippen molar-refractivity contribution < 1.29 is 14.7 Å². The van der Waals surface area contributed by atoms with Gasteiger partial charge in [0.15, 0.2) is 0 Å². The molecule has 0 aromatic heterocycles. The molecule has 1 fully saturated rings. The van der Waals surface area contributed by atoms with E-state index in [1.54, 1.807) is 0 Å². The van der Waals surface area contributed by atoms with Crippen LogP contribution in [0.1, 0.15) is 12.5 Å². The average molecular weight is 276 g/mol. The van der Waals surface area contributed by atoms with E-state index in [2.05, 4.69) is 10.6 Å².